The second-order valence-electron chi connectivity index (χ2n) is 9.45. The topological polar surface area (TPSA) is 117 Å². The van der Waals surface area contributed by atoms with Crippen LogP contribution in [0.2, 0.25) is 0 Å². The molecule has 13 heteroatoms. The molecule has 2 aromatic rings. The molecule has 1 amide bonds. The van der Waals surface area contributed by atoms with E-state index in [9.17, 15) is 23.1 Å². The molecule has 0 radical (unpaired) electrons. The van der Waals surface area contributed by atoms with Crippen molar-refractivity contribution in [2.45, 2.75) is 44.1 Å². The fourth-order valence-electron chi connectivity index (χ4n) is 4.59. The van der Waals surface area contributed by atoms with Gasteiger partial charge in [-0.25, -0.2) is 9.97 Å². The van der Waals surface area contributed by atoms with Crippen LogP contribution >= 0.6 is 0 Å². The Morgan fingerprint density at radius 3 is 2.68 bits per heavy atom. The molecule has 4 N–H and O–H groups in total. The summed E-state index contributed by atoms with van der Waals surface area (Å²) in [6, 6.07) is 3.62. The Bertz CT molecular complexity index is 1110. The number of halogens is 4. The molecule has 2 fully saturated rings. The molecule has 202 valence electrons. The lowest BCUT2D eigenvalue weighted by Gasteiger charge is -2.35. The molecule has 4 rings (SSSR count). The van der Waals surface area contributed by atoms with Gasteiger partial charge >= 0.3 is 6.18 Å². The molecule has 9 nitrogen and oxygen atoms in total. The number of ether oxygens (including phenoxy) is 1. The Hall–Kier alpha value is -3.19. The van der Waals surface area contributed by atoms with Crippen LogP contribution < -0.4 is 20.7 Å². The Kier molecular flexibility index (Phi) is 8.02. The van der Waals surface area contributed by atoms with E-state index in [1.54, 1.807) is 9.80 Å². The fourth-order valence-corrected chi connectivity index (χ4v) is 4.59. The van der Waals surface area contributed by atoms with Crippen molar-refractivity contribution in [3.63, 3.8) is 0 Å². The maximum atomic E-state index is 15.5. The molecule has 0 unspecified atom stereocenters. The minimum atomic E-state index is -4.55. The minimum absolute atomic E-state index is 0.00180. The van der Waals surface area contributed by atoms with Gasteiger partial charge < -0.3 is 25.8 Å². The molecule has 1 aromatic carbocycles. The summed E-state index contributed by atoms with van der Waals surface area (Å²) in [5.74, 6) is -1.58. The van der Waals surface area contributed by atoms with E-state index in [1.807, 2.05) is 0 Å². The summed E-state index contributed by atoms with van der Waals surface area (Å²) in [6.45, 7) is 1.35. The number of nitrogens with two attached hydrogens (primary N) is 1. The molecular formula is C24H30F4N6O3. The van der Waals surface area contributed by atoms with Gasteiger partial charge in [-0.05, 0) is 43.5 Å². The van der Waals surface area contributed by atoms with Gasteiger partial charge in [-0.1, -0.05) is 6.07 Å². The van der Waals surface area contributed by atoms with Gasteiger partial charge in [0.25, 0.3) is 0 Å². The van der Waals surface area contributed by atoms with Gasteiger partial charge in [0.15, 0.2) is 11.6 Å². The quantitative estimate of drug-likeness (QED) is 0.404. The van der Waals surface area contributed by atoms with Crippen molar-refractivity contribution < 1.29 is 32.2 Å². The molecule has 1 aliphatic carbocycles. The number of piperidine rings is 1. The first kappa shape index (κ1) is 26.9. The van der Waals surface area contributed by atoms with E-state index >= 15 is 4.39 Å². The number of anilines is 2. The summed E-state index contributed by atoms with van der Waals surface area (Å²) in [4.78, 5) is 22.8. The van der Waals surface area contributed by atoms with E-state index in [2.05, 4.69) is 15.3 Å². The van der Waals surface area contributed by atoms with E-state index in [4.69, 9.17) is 10.5 Å². The summed E-state index contributed by atoms with van der Waals surface area (Å²) in [6.07, 6.45) is -1.84. The average molecular weight is 527 g/mol. The Morgan fingerprint density at radius 2 is 2.05 bits per heavy atom. The van der Waals surface area contributed by atoms with E-state index in [-0.39, 0.29) is 49.0 Å². The monoisotopic (exact) mass is 526 g/mol. The highest BCUT2D eigenvalue weighted by Crippen LogP contribution is 2.38. The van der Waals surface area contributed by atoms with E-state index in [0.717, 1.165) is 18.9 Å². The first-order valence-corrected chi connectivity index (χ1v) is 12.0. The molecule has 1 saturated heterocycles. The summed E-state index contributed by atoms with van der Waals surface area (Å²) in [7, 11) is 1.17. The highest BCUT2D eigenvalue weighted by atomic mass is 19.4. The van der Waals surface area contributed by atoms with Crippen LogP contribution in [-0.2, 0) is 17.5 Å². The molecule has 2 heterocycles. The molecule has 1 saturated carbocycles. The number of amides is 1. The zero-order valence-corrected chi connectivity index (χ0v) is 20.3. The third kappa shape index (κ3) is 6.58. The van der Waals surface area contributed by atoms with Crippen molar-refractivity contribution >= 4 is 17.5 Å². The number of nitrogens with one attached hydrogen (secondary N) is 1. The highest BCUT2D eigenvalue weighted by molar-refractivity contribution is 5.75. The van der Waals surface area contributed by atoms with Crippen molar-refractivity contribution in [2.75, 3.05) is 43.5 Å². The number of benzene rings is 1. The Balaban J connectivity index is 1.46. The van der Waals surface area contributed by atoms with Crippen LogP contribution in [-0.4, -0.2) is 71.3 Å². The number of alkyl halides is 3. The zero-order valence-electron chi connectivity index (χ0n) is 20.3. The molecule has 1 aliphatic heterocycles. The summed E-state index contributed by atoms with van der Waals surface area (Å²) in [5, 5.41) is 13.4. The van der Waals surface area contributed by atoms with Crippen LogP contribution in [0.1, 0.15) is 30.4 Å². The molecule has 37 heavy (non-hydrogen) atoms. The van der Waals surface area contributed by atoms with Gasteiger partial charge in [0.1, 0.15) is 12.1 Å². The number of rotatable bonds is 10. The fraction of sp³-hybridized carbons (Fsp3) is 0.542. The maximum Gasteiger partial charge on any atom is 0.419 e. The number of carbonyl (C=O) groups is 1. The predicted molar refractivity (Wildman–Crippen MR) is 127 cm³/mol. The number of methoxy groups -OCH3 is 1. The highest BCUT2D eigenvalue weighted by Gasteiger charge is 2.36. The molecular weight excluding hydrogens is 496 g/mol. The molecule has 2 aliphatic rings. The van der Waals surface area contributed by atoms with Crippen molar-refractivity contribution in [2.24, 2.45) is 11.7 Å². The van der Waals surface area contributed by atoms with Crippen LogP contribution in [0.3, 0.4) is 0 Å². The van der Waals surface area contributed by atoms with Crippen LogP contribution in [0.5, 0.6) is 5.75 Å². The van der Waals surface area contributed by atoms with Crippen LogP contribution in [0.4, 0.5) is 29.2 Å². The number of primary amides is 1. The largest absolute Gasteiger partial charge is 0.496 e. The molecule has 0 spiro atoms. The molecule has 0 bridgehead atoms. The van der Waals surface area contributed by atoms with Gasteiger partial charge in [-0.2, -0.15) is 17.6 Å². The molecule has 1 aromatic heterocycles. The van der Waals surface area contributed by atoms with Crippen molar-refractivity contribution in [3.8, 4) is 5.75 Å². The van der Waals surface area contributed by atoms with Crippen molar-refractivity contribution in [1.82, 2.24) is 14.9 Å². The number of hydrogen-bond acceptors (Lipinski definition) is 8. The summed E-state index contributed by atoms with van der Waals surface area (Å²) in [5.41, 5.74) is 4.87. The second-order valence-corrected chi connectivity index (χ2v) is 9.45. The number of aliphatic hydroxyl groups excluding tert-OH is 1. The number of carbonyl (C=O) groups excluding carboxylic acids is 1. The lowest BCUT2D eigenvalue weighted by atomic mass is 9.93. The summed E-state index contributed by atoms with van der Waals surface area (Å²) < 4.78 is 60.1. The number of likely N-dealkylation sites (tertiary alicyclic amines) is 1. The van der Waals surface area contributed by atoms with Gasteiger partial charge in [-0.15, -0.1) is 0 Å². The number of nitrogens with zero attached hydrogens (tertiary/aromatic N) is 4. The van der Waals surface area contributed by atoms with Crippen molar-refractivity contribution in [3.05, 3.63) is 41.5 Å². The number of hydrogen-bond donors (Lipinski definition) is 3. The predicted octanol–water partition coefficient (Wildman–Crippen LogP) is 2.39. The second kappa shape index (κ2) is 11.1. The molecule has 2 atom stereocenters. The third-order valence-electron chi connectivity index (χ3n) is 6.67. The first-order valence-electron chi connectivity index (χ1n) is 12.0. The minimum Gasteiger partial charge on any atom is -0.496 e. The SMILES string of the molecule is COc1cc(CN(c2ncnc(NC[C@@H]3CCN(CC(N)=O)C[C@H]3O)c2F)C2CC2)ccc1C(F)(F)F. The Morgan fingerprint density at radius 1 is 1.30 bits per heavy atom. The van der Waals surface area contributed by atoms with Gasteiger partial charge in [0.05, 0.1) is 25.3 Å². The van der Waals surface area contributed by atoms with Gasteiger partial charge in [0.2, 0.25) is 11.7 Å². The lowest BCUT2D eigenvalue weighted by Crippen LogP contribution is -2.48. The van der Waals surface area contributed by atoms with E-state index in [0.29, 0.717) is 25.1 Å². The number of β-amino-alcohol motifs (C(OH)–C–C–N with tert-alkyl or cyclic N) is 1. The van der Waals surface area contributed by atoms with E-state index < -0.39 is 29.6 Å². The third-order valence-corrected chi connectivity index (χ3v) is 6.67. The normalized spacial score (nSPS) is 20.5. The first-order chi connectivity index (χ1) is 17.6. The lowest BCUT2D eigenvalue weighted by molar-refractivity contribution is -0.138. The number of aliphatic hydroxyl groups is 1. The number of aromatic nitrogens is 2. The van der Waals surface area contributed by atoms with Gasteiger partial charge in [0, 0.05) is 31.6 Å². The van der Waals surface area contributed by atoms with Crippen LogP contribution in [0.15, 0.2) is 24.5 Å². The van der Waals surface area contributed by atoms with Crippen molar-refractivity contribution in [1.29, 1.82) is 0 Å². The van der Waals surface area contributed by atoms with Gasteiger partial charge in [-0.3, -0.25) is 9.69 Å². The van der Waals surface area contributed by atoms with E-state index in [1.165, 1.54) is 25.6 Å². The maximum absolute atomic E-state index is 15.5. The average Bonchev–Trinajstić information content (AvgIpc) is 3.67. The zero-order chi connectivity index (χ0) is 26.7. The smallest absolute Gasteiger partial charge is 0.419 e. The standard InChI is InChI=1S/C24H30F4N6O3/c1-37-19-8-14(2-5-17(19)24(26,27)28)10-34(16-3-4-16)23-21(25)22(31-13-32-23)30-9-15-6-7-33(11-18(15)35)12-20(29)36/h2,5,8,13,15-16,18,35H,3-4,6-7,9-12H2,1H3,(H2,29,36)(H,30,31,32)/t15-,18+/m0/s1. The van der Waals surface area contributed by atoms with Crippen LogP contribution in [0, 0.1) is 11.7 Å². The Labute approximate surface area is 211 Å². The van der Waals surface area contributed by atoms with Crippen LogP contribution in [0.25, 0.3) is 0 Å². The summed E-state index contributed by atoms with van der Waals surface area (Å²) >= 11 is 0.